The summed E-state index contributed by atoms with van der Waals surface area (Å²) in [6.07, 6.45) is 5.35. The van der Waals surface area contributed by atoms with Gasteiger partial charge in [0.2, 0.25) is 5.91 Å². The molecule has 2 heterocycles. The number of nitrogens with zero attached hydrogens (tertiary/aromatic N) is 2. The summed E-state index contributed by atoms with van der Waals surface area (Å²) in [6.45, 7) is 2.55. The van der Waals surface area contributed by atoms with Crippen LogP contribution >= 0.6 is 0 Å². The molecule has 30 heavy (non-hydrogen) atoms. The van der Waals surface area contributed by atoms with E-state index in [1.807, 2.05) is 23.1 Å². The molecule has 0 aliphatic carbocycles. The molecule has 0 saturated heterocycles. The second-order valence-electron chi connectivity index (χ2n) is 8.50. The van der Waals surface area contributed by atoms with Crippen LogP contribution in [0.25, 0.3) is 0 Å². The quantitative estimate of drug-likeness (QED) is 0.461. The highest BCUT2D eigenvalue weighted by Crippen LogP contribution is 2.37. The molecule has 0 spiro atoms. The number of rotatable bonds is 9. The predicted octanol–water partition coefficient (Wildman–Crippen LogP) is 4.19. The maximum absolute atomic E-state index is 13.3. The molecule has 0 N–H and O–H groups in total. The Morgan fingerprint density at radius 1 is 1.07 bits per heavy atom. The van der Waals surface area contributed by atoms with E-state index >= 15 is 0 Å². The number of halogens is 1. The highest BCUT2D eigenvalue weighted by Gasteiger charge is 2.31. The second kappa shape index (κ2) is 9.09. The van der Waals surface area contributed by atoms with E-state index in [0.717, 1.165) is 79.7 Å². The van der Waals surface area contributed by atoms with Crippen molar-refractivity contribution in [2.45, 2.75) is 44.9 Å². The van der Waals surface area contributed by atoms with Gasteiger partial charge in [-0.1, -0.05) is 12.1 Å². The molecule has 4 nitrogen and oxygen atoms in total. The standard InChI is InChI=1S/C25H29FN2O2/c1-27(13-10-18-5-4-6-22(26)15-18)12-3-2-7-23(29)21-16-19-8-9-24(30)28-14-11-20(17-21)25(19)28/h4-6,15-17H,2-3,7-14H2,1H3. The number of hydrogen-bond acceptors (Lipinski definition) is 3. The van der Waals surface area contributed by atoms with Crippen molar-refractivity contribution in [2.75, 3.05) is 31.6 Å². The van der Waals surface area contributed by atoms with Gasteiger partial charge in [0.1, 0.15) is 5.82 Å². The van der Waals surface area contributed by atoms with Gasteiger partial charge in [-0.3, -0.25) is 9.59 Å². The zero-order valence-corrected chi connectivity index (χ0v) is 17.6. The number of ketones is 1. The molecule has 0 saturated carbocycles. The normalized spacial score (nSPS) is 15.0. The smallest absolute Gasteiger partial charge is 0.227 e. The van der Waals surface area contributed by atoms with Crippen LogP contribution in [0.3, 0.4) is 0 Å². The monoisotopic (exact) mass is 408 g/mol. The fraction of sp³-hybridized carbons (Fsp3) is 0.440. The first kappa shape index (κ1) is 20.7. The summed E-state index contributed by atoms with van der Waals surface area (Å²) in [4.78, 5) is 28.9. The highest BCUT2D eigenvalue weighted by atomic mass is 19.1. The summed E-state index contributed by atoms with van der Waals surface area (Å²) in [5.41, 5.74) is 5.20. The molecule has 0 aromatic heterocycles. The van der Waals surface area contributed by atoms with Crippen molar-refractivity contribution in [3.63, 3.8) is 0 Å². The Labute approximate surface area is 177 Å². The molecule has 0 fully saturated rings. The number of likely N-dealkylation sites (N-methyl/N-ethyl adjacent to an activating group) is 1. The van der Waals surface area contributed by atoms with Gasteiger partial charge < -0.3 is 9.80 Å². The van der Waals surface area contributed by atoms with Crippen LogP contribution in [0.5, 0.6) is 0 Å². The van der Waals surface area contributed by atoms with Crippen LogP contribution in [0.2, 0.25) is 0 Å². The Balaban J connectivity index is 1.23. The number of anilines is 1. The van der Waals surface area contributed by atoms with Crippen LogP contribution in [-0.2, 0) is 24.1 Å². The lowest BCUT2D eigenvalue weighted by molar-refractivity contribution is -0.118. The zero-order chi connectivity index (χ0) is 21.1. The number of carbonyl (C=O) groups is 2. The van der Waals surface area contributed by atoms with Gasteiger partial charge in [-0.15, -0.1) is 0 Å². The van der Waals surface area contributed by atoms with E-state index in [1.54, 1.807) is 12.1 Å². The van der Waals surface area contributed by atoms with Crippen molar-refractivity contribution in [2.24, 2.45) is 0 Å². The molecule has 5 heteroatoms. The van der Waals surface area contributed by atoms with Crippen LogP contribution < -0.4 is 4.90 Å². The molecule has 4 rings (SSSR count). The van der Waals surface area contributed by atoms with Crippen LogP contribution in [-0.4, -0.2) is 43.3 Å². The van der Waals surface area contributed by atoms with Gasteiger partial charge in [0.25, 0.3) is 0 Å². The first-order valence-electron chi connectivity index (χ1n) is 10.9. The average molecular weight is 409 g/mol. The molecular formula is C25H29FN2O2. The van der Waals surface area contributed by atoms with Crippen LogP contribution in [0.15, 0.2) is 36.4 Å². The lowest BCUT2D eigenvalue weighted by Crippen LogP contribution is -2.32. The van der Waals surface area contributed by atoms with Crippen molar-refractivity contribution in [3.05, 3.63) is 64.5 Å². The van der Waals surface area contributed by atoms with Gasteiger partial charge in [0.05, 0.1) is 5.69 Å². The maximum atomic E-state index is 13.3. The largest absolute Gasteiger partial charge is 0.312 e. The Kier molecular flexibility index (Phi) is 6.28. The van der Waals surface area contributed by atoms with Crippen molar-refractivity contribution >= 4 is 17.4 Å². The van der Waals surface area contributed by atoms with Crippen molar-refractivity contribution in [3.8, 4) is 0 Å². The number of Topliss-reactive ketones (excluding diaryl/α,β-unsaturated/α-hetero) is 1. The summed E-state index contributed by atoms with van der Waals surface area (Å²) in [7, 11) is 2.07. The number of benzene rings is 2. The number of hydrogen-bond donors (Lipinski definition) is 0. The molecule has 2 aliphatic heterocycles. The van der Waals surface area contributed by atoms with E-state index < -0.39 is 0 Å². The summed E-state index contributed by atoms with van der Waals surface area (Å²) in [6, 6.07) is 10.8. The van der Waals surface area contributed by atoms with Gasteiger partial charge in [0.15, 0.2) is 5.78 Å². The van der Waals surface area contributed by atoms with Crippen LogP contribution in [0, 0.1) is 5.82 Å². The van der Waals surface area contributed by atoms with Gasteiger partial charge in [-0.05, 0) is 86.7 Å². The predicted molar refractivity (Wildman–Crippen MR) is 117 cm³/mol. The van der Waals surface area contributed by atoms with E-state index in [2.05, 4.69) is 11.9 Å². The number of amides is 1. The lowest BCUT2D eigenvalue weighted by atomic mass is 9.94. The third-order valence-corrected chi connectivity index (χ3v) is 6.24. The first-order valence-corrected chi connectivity index (χ1v) is 10.9. The van der Waals surface area contributed by atoms with Gasteiger partial charge in [-0.2, -0.15) is 0 Å². The molecule has 1 amide bonds. The SMILES string of the molecule is CN(CCCCC(=O)c1cc2c3c(c1)CCN3C(=O)CC2)CCc1cccc(F)c1. The van der Waals surface area contributed by atoms with E-state index in [4.69, 9.17) is 0 Å². The Hall–Kier alpha value is -2.53. The molecular weight excluding hydrogens is 379 g/mol. The Morgan fingerprint density at radius 2 is 1.87 bits per heavy atom. The molecule has 158 valence electrons. The third-order valence-electron chi connectivity index (χ3n) is 6.24. The highest BCUT2D eigenvalue weighted by molar-refractivity contribution is 6.02. The van der Waals surface area contributed by atoms with Crippen LogP contribution in [0.1, 0.15) is 52.7 Å². The Morgan fingerprint density at radius 3 is 2.67 bits per heavy atom. The number of carbonyl (C=O) groups excluding carboxylic acids is 2. The van der Waals surface area contributed by atoms with E-state index in [9.17, 15) is 14.0 Å². The number of unbranched alkanes of at least 4 members (excludes halogenated alkanes) is 1. The molecule has 2 aromatic carbocycles. The molecule has 2 aromatic rings. The van der Waals surface area contributed by atoms with E-state index in [1.165, 1.54) is 6.07 Å². The zero-order valence-electron chi connectivity index (χ0n) is 17.6. The number of aryl methyl sites for hydroxylation is 1. The maximum Gasteiger partial charge on any atom is 0.227 e. The minimum atomic E-state index is -0.186. The molecule has 0 atom stereocenters. The fourth-order valence-electron chi connectivity index (χ4n) is 4.55. The minimum absolute atomic E-state index is 0.186. The van der Waals surface area contributed by atoms with Gasteiger partial charge in [0, 0.05) is 31.5 Å². The fourth-order valence-corrected chi connectivity index (χ4v) is 4.55. The molecule has 0 bridgehead atoms. The summed E-state index contributed by atoms with van der Waals surface area (Å²) >= 11 is 0. The topological polar surface area (TPSA) is 40.6 Å². The molecule has 0 unspecified atom stereocenters. The van der Waals surface area contributed by atoms with E-state index in [-0.39, 0.29) is 17.5 Å². The summed E-state index contributed by atoms with van der Waals surface area (Å²) in [5, 5.41) is 0. The van der Waals surface area contributed by atoms with Crippen molar-refractivity contribution in [1.82, 2.24) is 4.90 Å². The first-order chi connectivity index (χ1) is 14.5. The second-order valence-corrected chi connectivity index (χ2v) is 8.50. The van der Waals surface area contributed by atoms with E-state index in [0.29, 0.717) is 12.8 Å². The lowest BCUT2D eigenvalue weighted by Gasteiger charge is -2.25. The molecule has 0 radical (unpaired) electrons. The van der Waals surface area contributed by atoms with Crippen LogP contribution in [0.4, 0.5) is 10.1 Å². The average Bonchev–Trinajstić information content (AvgIpc) is 3.17. The summed E-state index contributed by atoms with van der Waals surface area (Å²) < 4.78 is 13.3. The minimum Gasteiger partial charge on any atom is -0.312 e. The molecule has 2 aliphatic rings. The van der Waals surface area contributed by atoms with Gasteiger partial charge >= 0.3 is 0 Å². The third kappa shape index (κ3) is 4.62. The van der Waals surface area contributed by atoms with Gasteiger partial charge in [-0.25, -0.2) is 4.39 Å². The van der Waals surface area contributed by atoms with Crippen molar-refractivity contribution < 1.29 is 14.0 Å². The Bertz CT molecular complexity index is 956. The van der Waals surface area contributed by atoms with Crippen molar-refractivity contribution in [1.29, 1.82) is 0 Å². The summed E-state index contributed by atoms with van der Waals surface area (Å²) in [5.74, 6) is 0.224.